The van der Waals surface area contributed by atoms with E-state index in [9.17, 15) is 19.2 Å². The Hall–Kier alpha value is -3.79. The van der Waals surface area contributed by atoms with E-state index in [2.05, 4.69) is 20.1 Å². The normalized spacial score (nSPS) is 23.5. The Morgan fingerprint density at radius 1 is 0.868 bits per heavy atom. The highest BCUT2D eigenvalue weighted by Gasteiger charge is 2.44. The van der Waals surface area contributed by atoms with Crippen LogP contribution in [0.1, 0.15) is 59.2 Å². The molecule has 10 heteroatoms. The molecule has 198 valence electrons. The van der Waals surface area contributed by atoms with Crippen LogP contribution in [0.3, 0.4) is 0 Å². The van der Waals surface area contributed by atoms with Crippen LogP contribution in [0, 0.1) is 0 Å². The Labute approximate surface area is 220 Å². The summed E-state index contributed by atoms with van der Waals surface area (Å²) in [6.45, 7) is 3.77. The molecule has 4 aliphatic heterocycles. The Bertz CT molecular complexity index is 1250. The van der Waals surface area contributed by atoms with Crippen molar-refractivity contribution in [3.63, 3.8) is 0 Å². The second-order valence-corrected chi connectivity index (χ2v) is 10.4. The van der Waals surface area contributed by atoms with Crippen LogP contribution < -0.4 is 15.0 Å². The van der Waals surface area contributed by atoms with E-state index >= 15 is 0 Å². The summed E-state index contributed by atoms with van der Waals surface area (Å²) in [4.78, 5) is 59.9. The molecular weight excluding hydrogens is 486 g/mol. The third kappa shape index (κ3) is 4.64. The molecule has 4 aliphatic rings. The van der Waals surface area contributed by atoms with Crippen molar-refractivity contribution < 1.29 is 23.9 Å². The number of carbonyl (C=O) groups excluding carboxylic acids is 4. The molecule has 0 bridgehead atoms. The number of nitrogens with one attached hydrogen (secondary N) is 1. The Balaban J connectivity index is 1.05. The van der Waals surface area contributed by atoms with Gasteiger partial charge in [-0.2, -0.15) is 0 Å². The van der Waals surface area contributed by atoms with E-state index < -0.39 is 23.8 Å². The molecule has 38 heavy (non-hydrogen) atoms. The number of hydrogen-bond acceptors (Lipinski definition) is 8. The quantitative estimate of drug-likeness (QED) is 0.600. The number of carbonyl (C=O) groups is 4. The van der Waals surface area contributed by atoms with Crippen LogP contribution in [0.15, 0.2) is 42.7 Å². The molecule has 6 rings (SSSR count). The van der Waals surface area contributed by atoms with Gasteiger partial charge >= 0.3 is 0 Å². The molecular formula is C28H31N5O5. The van der Waals surface area contributed by atoms with Crippen LogP contribution in [0.2, 0.25) is 0 Å². The first kappa shape index (κ1) is 24.5. The summed E-state index contributed by atoms with van der Waals surface area (Å²) in [5, 5.41) is 2.24. The number of nitrogens with zero attached hydrogens (tertiary/aromatic N) is 4. The summed E-state index contributed by atoms with van der Waals surface area (Å²) in [5.41, 5.74) is 1.56. The summed E-state index contributed by atoms with van der Waals surface area (Å²) in [7, 11) is 0. The van der Waals surface area contributed by atoms with Crippen LogP contribution in [0.5, 0.6) is 5.75 Å². The van der Waals surface area contributed by atoms with Gasteiger partial charge in [-0.1, -0.05) is 0 Å². The molecule has 0 spiro atoms. The summed E-state index contributed by atoms with van der Waals surface area (Å²) in [6, 6.07) is 8.77. The minimum atomic E-state index is -0.946. The Morgan fingerprint density at radius 3 is 2.34 bits per heavy atom. The lowest BCUT2D eigenvalue weighted by atomic mass is 9.98. The minimum Gasteiger partial charge on any atom is -0.489 e. The second kappa shape index (κ2) is 10.2. The molecule has 1 aromatic carbocycles. The highest BCUT2D eigenvalue weighted by molar-refractivity contribution is 6.23. The van der Waals surface area contributed by atoms with Gasteiger partial charge < -0.3 is 9.64 Å². The number of likely N-dealkylation sites (tertiary alicyclic amines) is 1. The monoisotopic (exact) mass is 517 g/mol. The standard InChI is InChI=1S/C28H31N5O5/c34-25-6-5-24(26(35)30-25)33-27(36)22-4-3-19(16-23(22)28(33)37)32-12-7-18(8-13-32)31-14-9-20(10-15-31)38-21-2-1-11-29-17-21/h1-4,11,16-18,20,24H,5-10,12-15H2,(H,30,34,35). The average molecular weight is 518 g/mol. The fourth-order valence-corrected chi connectivity index (χ4v) is 6.11. The lowest BCUT2D eigenvalue weighted by Gasteiger charge is -2.42. The number of aromatic nitrogens is 1. The molecule has 1 unspecified atom stereocenters. The summed E-state index contributed by atoms with van der Waals surface area (Å²) < 4.78 is 6.09. The van der Waals surface area contributed by atoms with Crippen molar-refractivity contribution >= 4 is 29.3 Å². The highest BCUT2D eigenvalue weighted by atomic mass is 16.5. The molecule has 3 fully saturated rings. The number of fused-ring (bicyclic) bond motifs is 1. The molecule has 1 atom stereocenters. The number of benzene rings is 1. The number of pyridine rings is 1. The molecule has 4 amide bonds. The van der Waals surface area contributed by atoms with E-state index in [0.717, 1.165) is 68.2 Å². The van der Waals surface area contributed by atoms with Gasteiger partial charge in [0.15, 0.2) is 0 Å². The second-order valence-electron chi connectivity index (χ2n) is 10.4. The molecule has 10 nitrogen and oxygen atoms in total. The third-order valence-corrected chi connectivity index (χ3v) is 8.18. The van der Waals surface area contributed by atoms with E-state index in [4.69, 9.17) is 4.74 Å². The smallest absolute Gasteiger partial charge is 0.262 e. The number of hydrogen-bond donors (Lipinski definition) is 1. The molecule has 3 saturated heterocycles. The van der Waals surface area contributed by atoms with Gasteiger partial charge in [0.1, 0.15) is 17.9 Å². The number of piperidine rings is 3. The molecule has 0 radical (unpaired) electrons. The van der Waals surface area contributed by atoms with Gasteiger partial charge in [-0.25, -0.2) is 0 Å². The minimum absolute atomic E-state index is 0.110. The maximum Gasteiger partial charge on any atom is 0.262 e. The number of ether oxygens (including phenoxy) is 1. The van der Waals surface area contributed by atoms with Crippen LogP contribution in [-0.2, 0) is 9.59 Å². The van der Waals surface area contributed by atoms with Crippen molar-refractivity contribution in [1.29, 1.82) is 0 Å². The lowest BCUT2D eigenvalue weighted by Crippen LogP contribution is -2.54. The van der Waals surface area contributed by atoms with E-state index in [-0.39, 0.29) is 24.9 Å². The predicted molar refractivity (Wildman–Crippen MR) is 138 cm³/mol. The van der Waals surface area contributed by atoms with Crippen molar-refractivity contribution in [2.24, 2.45) is 0 Å². The van der Waals surface area contributed by atoms with Gasteiger partial charge in [0, 0.05) is 50.5 Å². The zero-order valence-corrected chi connectivity index (χ0v) is 21.2. The van der Waals surface area contributed by atoms with Crippen LogP contribution >= 0.6 is 0 Å². The van der Waals surface area contributed by atoms with E-state index in [1.807, 2.05) is 18.2 Å². The maximum atomic E-state index is 13.2. The zero-order chi connectivity index (χ0) is 26.2. The number of anilines is 1. The van der Waals surface area contributed by atoms with Crippen LogP contribution in [-0.4, -0.2) is 82.8 Å². The van der Waals surface area contributed by atoms with Crippen molar-refractivity contribution in [3.05, 3.63) is 53.9 Å². The first-order valence-electron chi connectivity index (χ1n) is 13.4. The number of amides is 4. The molecule has 0 saturated carbocycles. The van der Waals surface area contributed by atoms with Crippen LogP contribution in [0.4, 0.5) is 5.69 Å². The number of imide groups is 2. The summed E-state index contributed by atoms with van der Waals surface area (Å²) in [6.07, 6.45) is 8.06. The van der Waals surface area contributed by atoms with Crippen molar-refractivity contribution in [3.8, 4) is 5.75 Å². The molecule has 0 aliphatic carbocycles. The van der Waals surface area contributed by atoms with E-state index in [1.54, 1.807) is 24.5 Å². The van der Waals surface area contributed by atoms with Gasteiger partial charge in [-0.05, 0) is 62.4 Å². The first-order chi connectivity index (χ1) is 18.5. The predicted octanol–water partition coefficient (Wildman–Crippen LogP) is 2.00. The third-order valence-electron chi connectivity index (χ3n) is 8.18. The van der Waals surface area contributed by atoms with E-state index in [0.29, 0.717) is 17.2 Å². The molecule has 2 aromatic rings. The molecule has 1 aromatic heterocycles. The Morgan fingerprint density at radius 2 is 1.63 bits per heavy atom. The van der Waals surface area contributed by atoms with Gasteiger partial charge in [0.25, 0.3) is 11.8 Å². The topological polar surface area (TPSA) is 112 Å². The molecule has 1 N–H and O–H groups in total. The SMILES string of the molecule is O=C1CCC(N2C(=O)c3ccc(N4CCC(N5CCC(Oc6cccnc6)CC5)CC4)cc3C2=O)C(=O)N1. The fraction of sp³-hybridized carbons (Fsp3) is 0.464. The summed E-state index contributed by atoms with van der Waals surface area (Å²) in [5.74, 6) is -1.08. The molecule has 5 heterocycles. The van der Waals surface area contributed by atoms with Gasteiger partial charge in [0.05, 0.1) is 17.3 Å². The Kier molecular flexibility index (Phi) is 6.57. The van der Waals surface area contributed by atoms with Crippen LogP contribution in [0.25, 0.3) is 0 Å². The number of rotatable bonds is 5. The lowest BCUT2D eigenvalue weighted by molar-refractivity contribution is -0.136. The van der Waals surface area contributed by atoms with Gasteiger partial charge in [-0.3, -0.25) is 39.3 Å². The maximum absolute atomic E-state index is 13.2. The highest BCUT2D eigenvalue weighted by Crippen LogP contribution is 2.32. The van der Waals surface area contributed by atoms with Crippen molar-refractivity contribution in [2.75, 3.05) is 31.1 Å². The van der Waals surface area contributed by atoms with Gasteiger partial charge in [0.2, 0.25) is 11.8 Å². The average Bonchev–Trinajstić information content (AvgIpc) is 3.19. The first-order valence-corrected chi connectivity index (χ1v) is 13.4. The fourth-order valence-electron chi connectivity index (χ4n) is 6.11. The zero-order valence-electron chi connectivity index (χ0n) is 21.2. The van der Waals surface area contributed by atoms with Crippen molar-refractivity contribution in [2.45, 2.75) is 56.7 Å². The largest absolute Gasteiger partial charge is 0.489 e. The summed E-state index contributed by atoms with van der Waals surface area (Å²) >= 11 is 0. The van der Waals surface area contributed by atoms with Gasteiger partial charge in [-0.15, -0.1) is 0 Å². The van der Waals surface area contributed by atoms with Crippen molar-refractivity contribution in [1.82, 2.24) is 20.1 Å². The van der Waals surface area contributed by atoms with E-state index in [1.165, 1.54) is 0 Å².